The molecular formula is C13H8N2O3S. The normalized spacial score (nSPS) is 9.84. The summed E-state index contributed by atoms with van der Waals surface area (Å²) in [5.41, 5.74) is -0.233. The van der Waals surface area contributed by atoms with Gasteiger partial charge in [0.05, 0.1) is 14.7 Å². The Morgan fingerprint density at radius 1 is 1.16 bits per heavy atom. The summed E-state index contributed by atoms with van der Waals surface area (Å²) in [6.07, 6.45) is 0. The molecule has 2 aromatic carbocycles. The minimum atomic E-state index is -0.582. The standard InChI is InChI=1S/C13H8N2O3S/c14-8-9-4-3-7-12(13(9)15(17)18)19-11-6-2-1-5-10(11)16/h1-7,16H. The van der Waals surface area contributed by atoms with E-state index in [0.29, 0.717) is 9.79 Å². The fourth-order valence-electron chi connectivity index (χ4n) is 1.55. The summed E-state index contributed by atoms with van der Waals surface area (Å²) in [6, 6.07) is 12.9. The SMILES string of the molecule is N#Cc1cccc(Sc2ccccc2O)c1[N+](=O)[O-]. The topological polar surface area (TPSA) is 87.2 Å². The predicted molar refractivity (Wildman–Crippen MR) is 70.0 cm³/mol. The smallest absolute Gasteiger partial charge is 0.300 e. The molecule has 0 bridgehead atoms. The van der Waals surface area contributed by atoms with Crippen molar-refractivity contribution >= 4 is 17.4 Å². The lowest BCUT2D eigenvalue weighted by molar-refractivity contribution is -0.388. The molecule has 19 heavy (non-hydrogen) atoms. The minimum absolute atomic E-state index is 0.00502. The Kier molecular flexibility index (Phi) is 3.68. The Labute approximate surface area is 113 Å². The molecule has 0 spiro atoms. The Morgan fingerprint density at radius 3 is 2.47 bits per heavy atom. The number of nitro groups is 1. The fourth-order valence-corrected chi connectivity index (χ4v) is 2.53. The van der Waals surface area contributed by atoms with Gasteiger partial charge in [0.15, 0.2) is 0 Å². The summed E-state index contributed by atoms with van der Waals surface area (Å²) in [4.78, 5) is 11.3. The number of nitriles is 1. The van der Waals surface area contributed by atoms with Crippen LogP contribution < -0.4 is 0 Å². The van der Waals surface area contributed by atoms with E-state index in [1.54, 1.807) is 36.4 Å². The van der Waals surface area contributed by atoms with E-state index in [1.807, 2.05) is 0 Å². The number of hydrogen-bond donors (Lipinski definition) is 1. The third-order valence-electron chi connectivity index (χ3n) is 2.39. The van der Waals surface area contributed by atoms with Crippen LogP contribution in [0, 0.1) is 21.4 Å². The molecule has 0 aliphatic rings. The van der Waals surface area contributed by atoms with Crippen molar-refractivity contribution in [2.24, 2.45) is 0 Å². The van der Waals surface area contributed by atoms with Crippen molar-refractivity contribution in [1.82, 2.24) is 0 Å². The van der Waals surface area contributed by atoms with Crippen LogP contribution in [0.15, 0.2) is 52.3 Å². The second kappa shape index (κ2) is 5.42. The van der Waals surface area contributed by atoms with Crippen LogP contribution in [0.2, 0.25) is 0 Å². The molecule has 94 valence electrons. The molecule has 0 radical (unpaired) electrons. The van der Waals surface area contributed by atoms with E-state index in [-0.39, 0.29) is 17.0 Å². The van der Waals surface area contributed by atoms with Gasteiger partial charge in [0.2, 0.25) is 0 Å². The fraction of sp³-hybridized carbons (Fsp3) is 0. The van der Waals surface area contributed by atoms with Gasteiger partial charge in [0.25, 0.3) is 0 Å². The zero-order valence-corrected chi connectivity index (χ0v) is 10.4. The van der Waals surface area contributed by atoms with Crippen LogP contribution in [0.3, 0.4) is 0 Å². The van der Waals surface area contributed by atoms with Gasteiger partial charge in [-0.25, -0.2) is 0 Å². The molecular weight excluding hydrogens is 264 g/mol. The van der Waals surface area contributed by atoms with Crippen LogP contribution >= 0.6 is 11.8 Å². The number of nitro benzene ring substituents is 1. The Hall–Kier alpha value is -2.52. The molecule has 0 heterocycles. The quantitative estimate of drug-likeness (QED) is 0.684. The molecule has 0 saturated carbocycles. The molecule has 1 N–H and O–H groups in total. The molecule has 0 unspecified atom stereocenters. The first-order valence-corrected chi connectivity index (χ1v) is 6.08. The van der Waals surface area contributed by atoms with Crippen LogP contribution in [-0.2, 0) is 0 Å². The number of phenolic OH excluding ortho intramolecular Hbond substituents is 1. The first kappa shape index (κ1) is 12.9. The van der Waals surface area contributed by atoms with Crippen molar-refractivity contribution < 1.29 is 10.0 Å². The number of benzene rings is 2. The molecule has 2 rings (SSSR count). The molecule has 0 amide bonds. The van der Waals surface area contributed by atoms with Crippen LogP contribution in [-0.4, -0.2) is 10.0 Å². The Bertz CT molecular complexity index is 680. The maximum atomic E-state index is 11.1. The maximum Gasteiger partial charge on any atom is 0.300 e. The number of aromatic hydroxyl groups is 1. The molecule has 0 atom stereocenters. The number of hydrogen-bond acceptors (Lipinski definition) is 5. The zero-order valence-electron chi connectivity index (χ0n) is 9.61. The van der Waals surface area contributed by atoms with Crippen molar-refractivity contribution in [3.05, 3.63) is 58.1 Å². The third kappa shape index (κ3) is 2.67. The number of rotatable bonds is 3. The molecule has 0 aliphatic carbocycles. The highest BCUT2D eigenvalue weighted by molar-refractivity contribution is 7.99. The first-order valence-electron chi connectivity index (χ1n) is 5.27. The van der Waals surface area contributed by atoms with Crippen molar-refractivity contribution in [3.63, 3.8) is 0 Å². The summed E-state index contributed by atoms with van der Waals surface area (Å²) in [7, 11) is 0. The monoisotopic (exact) mass is 272 g/mol. The second-order valence-corrected chi connectivity index (χ2v) is 4.67. The highest BCUT2D eigenvalue weighted by Crippen LogP contribution is 2.39. The molecule has 0 fully saturated rings. The Morgan fingerprint density at radius 2 is 1.84 bits per heavy atom. The van der Waals surface area contributed by atoms with E-state index >= 15 is 0 Å². The van der Waals surface area contributed by atoms with E-state index < -0.39 is 4.92 Å². The lowest BCUT2D eigenvalue weighted by atomic mass is 10.2. The van der Waals surface area contributed by atoms with E-state index in [2.05, 4.69) is 0 Å². The van der Waals surface area contributed by atoms with Gasteiger partial charge in [-0.05, 0) is 24.3 Å². The van der Waals surface area contributed by atoms with Gasteiger partial charge in [0, 0.05) is 0 Å². The number of nitrogens with zero attached hydrogens (tertiary/aromatic N) is 2. The summed E-state index contributed by atoms with van der Waals surface area (Å²) in [5, 5.41) is 29.6. The number of phenols is 1. The van der Waals surface area contributed by atoms with E-state index in [1.165, 1.54) is 12.1 Å². The summed E-state index contributed by atoms with van der Waals surface area (Å²) in [5.74, 6) is 0.0455. The predicted octanol–water partition coefficient (Wildman–Crippen LogP) is 3.32. The molecule has 0 saturated heterocycles. The van der Waals surface area contributed by atoms with Gasteiger partial charge >= 0.3 is 5.69 Å². The van der Waals surface area contributed by atoms with Crippen LogP contribution in [0.4, 0.5) is 5.69 Å². The highest BCUT2D eigenvalue weighted by atomic mass is 32.2. The highest BCUT2D eigenvalue weighted by Gasteiger charge is 2.20. The van der Waals surface area contributed by atoms with Crippen molar-refractivity contribution in [1.29, 1.82) is 5.26 Å². The van der Waals surface area contributed by atoms with Gasteiger partial charge in [-0.3, -0.25) is 10.1 Å². The zero-order chi connectivity index (χ0) is 13.8. The van der Waals surface area contributed by atoms with Gasteiger partial charge < -0.3 is 5.11 Å². The molecule has 6 heteroatoms. The average Bonchev–Trinajstić information content (AvgIpc) is 2.40. The van der Waals surface area contributed by atoms with E-state index in [4.69, 9.17) is 5.26 Å². The number of para-hydroxylation sites is 2. The van der Waals surface area contributed by atoms with Crippen LogP contribution in [0.25, 0.3) is 0 Å². The summed E-state index contributed by atoms with van der Waals surface area (Å²) >= 11 is 1.06. The van der Waals surface area contributed by atoms with E-state index in [9.17, 15) is 15.2 Å². The van der Waals surface area contributed by atoms with Gasteiger partial charge in [-0.1, -0.05) is 30.0 Å². The van der Waals surface area contributed by atoms with E-state index in [0.717, 1.165) is 11.8 Å². The van der Waals surface area contributed by atoms with Crippen molar-refractivity contribution in [3.8, 4) is 11.8 Å². The lowest BCUT2D eigenvalue weighted by Gasteiger charge is -2.05. The minimum Gasteiger partial charge on any atom is -0.507 e. The first-order chi connectivity index (χ1) is 9.13. The average molecular weight is 272 g/mol. The Balaban J connectivity index is 2.50. The summed E-state index contributed by atoms with van der Waals surface area (Å²) < 4.78 is 0. The van der Waals surface area contributed by atoms with Gasteiger partial charge in [-0.15, -0.1) is 0 Å². The lowest BCUT2D eigenvalue weighted by Crippen LogP contribution is -1.94. The molecule has 2 aromatic rings. The van der Waals surface area contributed by atoms with Crippen LogP contribution in [0.1, 0.15) is 5.56 Å². The van der Waals surface area contributed by atoms with Crippen molar-refractivity contribution in [2.75, 3.05) is 0 Å². The van der Waals surface area contributed by atoms with Gasteiger partial charge in [-0.2, -0.15) is 5.26 Å². The van der Waals surface area contributed by atoms with Crippen LogP contribution in [0.5, 0.6) is 5.75 Å². The van der Waals surface area contributed by atoms with Gasteiger partial charge in [0.1, 0.15) is 17.4 Å². The summed E-state index contributed by atoms with van der Waals surface area (Å²) in [6.45, 7) is 0. The van der Waals surface area contributed by atoms with Crippen molar-refractivity contribution in [2.45, 2.75) is 9.79 Å². The third-order valence-corrected chi connectivity index (χ3v) is 3.50. The molecule has 5 nitrogen and oxygen atoms in total. The maximum absolute atomic E-state index is 11.1. The second-order valence-electron chi connectivity index (χ2n) is 3.59. The largest absolute Gasteiger partial charge is 0.507 e. The molecule has 0 aromatic heterocycles. The molecule has 0 aliphatic heterocycles.